The van der Waals surface area contributed by atoms with Crippen LogP contribution in [-0.2, 0) is 17.6 Å². The lowest BCUT2D eigenvalue weighted by Gasteiger charge is -2.12. The highest BCUT2D eigenvalue weighted by molar-refractivity contribution is 5.94. The standard InChI is InChI=1S/C18H19NO2/c1-11(2)12-6-8-17-15(10-12)13(7-9-18(20)21)14-4-3-5-16(14)19-17/h6-11H,3-5H2,1-2H3,(H,20,21)/b9-7+. The summed E-state index contributed by atoms with van der Waals surface area (Å²) in [6.45, 7) is 4.32. The number of carboxylic acid groups (broad SMARTS) is 1. The minimum absolute atomic E-state index is 0.443. The smallest absolute Gasteiger partial charge is 0.328 e. The number of aliphatic carboxylic acids is 1. The summed E-state index contributed by atoms with van der Waals surface area (Å²) in [5.41, 5.74) is 5.61. The number of aryl methyl sites for hydroxylation is 1. The van der Waals surface area contributed by atoms with Crippen molar-refractivity contribution in [2.24, 2.45) is 0 Å². The molecule has 0 saturated carbocycles. The van der Waals surface area contributed by atoms with E-state index in [0.29, 0.717) is 5.92 Å². The summed E-state index contributed by atoms with van der Waals surface area (Å²) < 4.78 is 0. The summed E-state index contributed by atoms with van der Waals surface area (Å²) in [5.74, 6) is -0.467. The topological polar surface area (TPSA) is 50.2 Å². The molecule has 0 fully saturated rings. The number of nitrogens with zero attached hydrogens (tertiary/aromatic N) is 1. The van der Waals surface area contributed by atoms with E-state index in [0.717, 1.165) is 41.4 Å². The van der Waals surface area contributed by atoms with Crippen LogP contribution in [-0.4, -0.2) is 16.1 Å². The van der Waals surface area contributed by atoms with Gasteiger partial charge in [0.05, 0.1) is 5.52 Å². The van der Waals surface area contributed by atoms with Gasteiger partial charge in [0.1, 0.15) is 0 Å². The molecule has 0 aliphatic heterocycles. The second-order valence-electron chi connectivity index (χ2n) is 5.91. The Morgan fingerprint density at radius 2 is 2.14 bits per heavy atom. The maximum absolute atomic E-state index is 10.9. The third kappa shape index (κ3) is 2.56. The van der Waals surface area contributed by atoms with Gasteiger partial charge in [0, 0.05) is 17.2 Å². The minimum Gasteiger partial charge on any atom is -0.478 e. The van der Waals surface area contributed by atoms with Crippen molar-refractivity contribution in [2.45, 2.75) is 39.0 Å². The molecule has 0 spiro atoms. The first-order valence-electron chi connectivity index (χ1n) is 7.42. The van der Waals surface area contributed by atoms with Gasteiger partial charge in [-0.25, -0.2) is 4.79 Å². The van der Waals surface area contributed by atoms with Crippen molar-refractivity contribution in [1.29, 1.82) is 0 Å². The van der Waals surface area contributed by atoms with Crippen LogP contribution in [0.5, 0.6) is 0 Å². The average Bonchev–Trinajstić information content (AvgIpc) is 2.90. The van der Waals surface area contributed by atoms with Crippen LogP contribution in [0.4, 0.5) is 0 Å². The summed E-state index contributed by atoms with van der Waals surface area (Å²) in [6, 6.07) is 6.33. The van der Waals surface area contributed by atoms with Crippen LogP contribution in [0.1, 0.15) is 48.6 Å². The normalized spacial score (nSPS) is 14.2. The lowest BCUT2D eigenvalue weighted by atomic mass is 9.96. The number of benzene rings is 1. The Morgan fingerprint density at radius 1 is 1.33 bits per heavy atom. The van der Waals surface area contributed by atoms with Gasteiger partial charge in [-0.1, -0.05) is 19.9 Å². The number of aromatic nitrogens is 1. The highest BCUT2D eigenvalue weighted by atomic mass is 16.4. The molecule has 1 heterocycles. The fraction of sp³-hybridized carbons (Fsp3) is 0.333. The van der Waals surface area contributed by atoms with Crippen LogP contribution in [0, 0.1) is 0 Å². The maximum atomic E-state index is 10.9. The molecule has 1 aliphatic rings. The molecule has 3 heteroatoms. The maximum Gasteiger partial charge on any atom is 0.328 e. The van der Waals surface area contributed by atoms with E-state index in [2.05, 4.69) is 32.0 Å². The molecule has 0 atom stereocenters. The van der Waals surface area contributed by atoms with E-state index < -0.39 is 5.97 Å². The van der Waals surface area contributed by atoms with Gasteiger partial charge in [-0.2, -0.15) is 0 Å². The molecule has 0 saturated heterocycles. The van der Waals surface area contributed by atoms with Gasteiger partial charge in [0.2, 0.25) is 0 Å². The first kappa shape index (κ1) is 13.8. The van der Waals surface area contributed by atoms with Gasteiger partial charge in [0.25, 0.3) is 0 Å². The summed E-state index contributed by atoms with van der Waals surface area (Å²) in [4.78, 5) is 15.6. The van der Waals surface area contributed by atoms with Crippen molar-refractivity contribution in [2.75, 3.05) is 0 Å². The van der Waals surface area contributed by atoms with Gasteiger partial charge in [-0.3, -0.25) is 4.98 Å². The molecule has 0 bridgehead atoms. The quantitative estimate of drug-likeness (QED) is 0.867. The molecule has 1 aromatic carbocycles. The van der Waals surface area contributed by atoms with E-state index in [1.54, 1.807) is 6.08 Å². The second kappa shape index (κ2) is 5.32. The third-order valence-corrected chi connectivity index (χ3v) is 4.14. The van der Waals surface area contributed by atoms with Gasteiger partial charge in [-0.15, -0.1) is 0 Å². The molecule has 0 radical (unpaired) electrons. The minimum atomic E-state index is -0.910. The number of fused-ring (bicyclic) bond motifs is 2. The number of carboxylic acids is 1. The van der Waals surface area contributed by atoms with E-state index in [4.69, 9.17) is 10.1 Å². The molecule has 3 rings (SSSR count). The number of rotatable bonds is 3. The highest BCUT2D eigenvalue weighted by Gasteiger charge is 2.18. The lowest BCUT2D eigenvalue weighted by Crippen LogP contribution is -1.97. The molecule has 108 valence electrons. The summed E-state index contributed by atoms with van der Waals surface area (Å²) in [7, 11) is 0. The van der Waals surface area contributed by atoms with E-state index in [1.807, 2.05) is 0 Å². The molecule has 0 amide bonds. The summed E-state index contributed by atoms with van der Waals surface area (Å²) in [6.07, 6.45) is 6.05. The van der Waals surface area contributed by atoms with E-state index >= 15 is 0 Å². The number of hydrogen-bond acceptors (Lipinski definition) is 2. The molecule has 21 heavy (non-hydrogen) atoms. The molecule has 1 aromatic heterocycles. The fourth-order valence-corrected chi connectivity index (χ4v) is 3.02. The Labute approximate surface area is 124 Å². The fourth-order valence-electron chi connectivity index (χ4n) is 3.02. The van der Waals surface area contributed by atoms with Gasteiger partial charge in [0.15, 0.2) is 0 Å². The number of pyridine rings is 1. The highest BCUT2D eigenvalue weighted by Crippen LogP contribution is 2.32. The predicted molar refractivity (Wildman–Crippen MR) is 84.5 cm³/mol. The van der Waals surface area contributed by atoms with Crippen molar-refractivity contribution in [1.82, 2.24) is 4.98 Å². The van der Waals surface area contributed by atoms with Crippen molar-refractivity contribution >= 4 is 22.9 Å². The third-order valence-electron chi connectivity index (χ3n) is 4.14. The zero-order valence-corrected chi connectivity index (χ0v) is 12.4. The monoisotopic (exact) mass is 281 g/mol. The molecule has 3 nitrogen and oxygen atoms in total. The van der Waals surface area contributed by atoms with Crippen molar-refractivity contribution in [3.63, 3.8) is 0 Å². The molecule has 0 unspecified atom stereocenters. The lowest BCUT2D eigenvalue weighted by molar-refractivity contribution is -0.131. The zero-order chi connectivity index (χ0) is 15.0. The van der Waals surface area contributed by atoms with Crippen molar-refractivity contribution < 1.29 is 9.90 Å². The predicted octanol–water partition coefficient (Wildman–Crippen LogP) is 3.94. The summed E-state index contributed by atoms with van der Waals surface area (Å²) in [5, 5.41) is 10.0. The molecule has 1 N–H and O–H groups in total. The van der Waals surface area contributed by atoms with Crippen molar-refractivity contribution in [3.05, 3.63) is 46.7 Å². The van der Waals surface area contributed by atoms with Crippen LogP contribution < -0.4 is 0 Å². The SMILES string of the molecule is CC(C)c1ccc2nc3c(c(/C=C/C(=O)O)c2c1)CCC3. The van der Waals surface area contributed by atoms with Crippen molar-refractivity contribution in [3.8, 4) is 0 Å². The van der Waals surface area contributed by atoms with Crippen LogP contribution in [0.25, 0.3) is 17.0 Å². The summed E-state index contributed by atoms with van der Waals surface area (Å²) >= 11 is 0. The first-order chi connectivity index (χ1) is 10.1. The van der Waals surface area contributed by atoms with Crippen LogP contribution in [0.3, 0.4) is 0 Å². The molecular formula is C18H19NO2. The average molecular weight is 281 g/mol. The zero-order valence-electron chi connectivity index (χ0n) is 12.4. The van der Waals surface area contributed by atoms with Crippen LogP contribution in [0.2, 0.25) is 0 Å². The molecular weight excluding hydrogens is 262 g/mol. The Kier molecular flexibility index (Phi) is 3.50. The van der Waals surface area contributed by atoms with E-state index in [-0.39, 0.29) is 0 Å². The Hall–Kier alpha value is -2.16. The molecule has 2 aromatic rings. The second-order valence-corrected chi connectivity index (χ2v) is 5.91. The van der Waals surface area contributed by atoms with Gasteiger partial charge in [-0.05, 0) is 60.1 Å². The number of hydrogen-bond donors (Lipinski definition) is 1. The number of carbonyl (C=O) groups is 1. The molecule has 1 aliphatic carbocycles. The Morgan fingerprint density at radius 3 is 2.86 bits per heavy atom. The van der Waals surface area contributed by atoms with Gasteiger partial charge < -0.3 is 5.11 Å². The van der Waals surface area contributed by atoms with E-state index in [9.17, 15) is 4.79 Å². The van der Waals surface area contributed by atoms with Crippen LogP contribution >= 0.6 is 0 Å². The van der Waals surface area contributed by atoms with Gasteiger partial charge >= 0.3 is 5.97 Å². The Balaban J connectivity index is 2.28. The first-order valence-corrected chi connectivity index (χ1v) is 7.42. The van der Waals surface area contributed by atoms with E-state index in [1.165, 1.54) is 17.2 Å². The Bertz CT molecular complexity index is 744. The van der Waals surface area contributed by atoms with Crippen LogP contribution in [0.15, 0.2) is 24.3 Å². The largest absolute Gasteiger partial charge is 0.478 e.